The number of aromatic nitrogens is 2. The van der Waals surface area contributed by atoms with Crippen LogP contribution in [-0.4, -0.2) is 9.97 Å². The summed E-state index contributed by atoms with van der Waals surface area (Å²) in [4.78, 5) is 8.37. The summed E-state index contributed by atoms with van der Waals surface area (Å²) in [5.74, 6) is 0. The molecular formula is C10H12N4S. The summed E-state index contributed by atoms with van der Waals surface area (Å²) in [7, 11) is 0. The Morgan fingerprint density at radius 3 is 2.80 bits per heavy atom. The number of thiazole rings is 1. The lowest BCUT2D eigenvalue weighted by atomic mass is 10.3. The highest BCUT2D eigenvalue weighted by Gasteiger charge is 1.98. The highest BCUT2D eigenvalue weighted by molar-refractivity contribution is 7.13. The number of pyridine rings is 1. The maximum Gasteiger partial charge on any atom is 0.180 e. The lowest BCUT2D eigenvalue weighted by Crippen LogP contribution is -2.13. The standard InChI is InChI=1S/C10H12N4S/c11-10-14-9(7-15-10)6-12-5-8-3-1-2-4-13-8/h1-4,7,12H,5-6H2,(H2,11,14). The van der Waals surface area contributed by atoms with Crippen LogP contribution in [0.25, 0.3) is 0 Å². The molecule has 0 aliphatic heterocycles. The molecule has 3 N–H and O–H groups in total. The van der Waals surface area contributed by atoms with Gasteiger partial charge in [-0.1, -0.05) is 6.07 Å². The van der Waals surface area contributed by atoms with Crippen LogP contribution in [-0.2, 0) is 13.1 Å². The van der Waals surface area contributed by atoms with Crippen LogP contribution in [0.3, 0.4) is 0 Å². The first-order valence-electron chi connectivity index (χ1n) is 4.65. The van der Waals surface area contributed by atoms with Crippen molar-refractivity contribution in [1.29, 1.82) is 0 Å². The van der Waals surface area contributed by atoms with Gasteiger partial charge >= 0.3 is 0 Å². The Morgan fingerprint density at radius 1 is 1.27 bits per heavy atom. The molecule has 0 unspecified atom stereocenters. The minimum atomic E-state index is 0.615. The van der Waals surface area contributed by atoms with Crippen LogP contribution in [0.5, 0.6) is 0 Å². The van der Waals surface area contributed by atoms with Crippen LogP contribution in [0.1, 0.15) is 11.4 Å². The van der Waals surface area contributed by atoms with Gasteiger partial charge < -0.3 is 11.1 Å². The summed E-state index contributed by atoms with van der Waals surface area (Å²) in [6, 6.07) is 5.87. The zero-order valence-electron chi connectivity index (χ0n) is 8.18. The summed E-state index contributed by atoms with van der Waals surface area (Å²) in [6.45, 7) is 1.47. The lowest BCUT2D eigenvalue weighted by molar-refractivity contribution is 0.670. The van der Waals surface area contributed by atoms with Crippen LogP contribution in [0.2, 0.25) is 0 Å². The van der Waals surface area contributed by atoms with Gasteiger partial charge in [0.1, 0.15) is 0 Å². The van der Waals surface area contributed by atoms with Crippen molar-refractivity contribution in [3.8, 4) is 0 Å². The summed E-state index contributed by atoms with van der Waals surface area (Å²) in [5, 5.41) is 5.83. The third-order valence-corrected chi connectivity index (χ3v) is 2.63. The van der Waals surface area contributed by atoms with Crippen molar-refractivity contribution in [3.63, 3.8) is 0 Å². The Labute approximate surface area is 92.2 Å². The summed E-state index contributed by atoms with van der Waals surface area (Å²) in [6.07, 6.45) is 1.79. The van der Waals surface area contributed by atoms with Crippen molar-refractivity contribution >= 4 is 16.5 Å². The zero-order valence-corrected chi connectivity index (χ0v) is 9.00. The average Bonchev–Trinajstić information content (AvgIpc) is 2.66. The minimum Gasteiger partial charge on any atom is -0.375 e. The second-order valence-electron chi connectivity index (χ2n) is 3.10. The normalized spacial score (nSPS) is 10.4. The molecule has 0 radical (unpaired) electrons. The fourth-order valence-electron chi connectivity index (χ4n) is 1.23. The number of hydrogen-bond donors (Lipinski definition) is 2. The summed E-state index contributed by atoms with van der Waals surface area (Å²) >= 11 is 1.46. The van der Waals surface area contributed by atoms with Crippen molar-refractivity contribution in [2.75, 3.05) is 5.73 Å². The molecule has 0 aliphatic carbocycles. The van der Waals surface area contributed by atoms with Gasteiger partial charge in [-0.05, 0) is 12.1 Å². The molecule has 2 aromatic rings. The van der Waals surface area contributed by atoms with E-state index in [2.05, 4.69) is 15.3 Å². The lowest BCUT2D eigenvalue weighted by Gasteiger charge is -2.01. The molecule has 2 heterocycles. The first-order chi connectivity index (χ1) is 7.34. The van der Waals surface area contributed by atoms with Crippen molar-refractivity contribution < 1.29 is 0 Å². The number of anilines is 1. The van der Waals surface area contributed by atoms with E-state index in [0.717, 1.165) is 24.5 Å². The SMILES string of the molecule is Nc1nc(CNCc2ccccn2)cs1. The monoisotopic (exact) mass is 220 g/mol. The third-order valence-electron chi connectivity index (χ3n) is 1.91. The highest BCUT2D eigenvalue weighted by atomic mass is 32.1. The van der Waals surface area contributed by atoms with Crippen LogP contribution in [0, 0.1) is 0 Å². The van der Waals surface area contributed by atoms with Gasteiger partial charge in [0.05, 0.1) is 11.4 Å². The van der Waals surface area contributed by atoms with Crippen molar-refractivity contribution in [3.05, 3.63) is 41.2 Å². The fraction of sp³-hybridized carbons (Fsp3) is 0.200. The van der Waals surface area contributed by atoms with Gasteiger partial charge in [-0.2, -0.15) is 0 Å². The molecule has 0 spiro atoms. The molecule has 0 saturated heterocycles. The first-order valence-corrected chi connectivity index (χ1v) is 5.53. The van der Waals surface area contributed by atoms with Gasteiger partial charge in [0.15, 0.2) is 5.13 Å². The largest absolute Gasteiger partial charge is 0.375 e. The maximum absolute atomic E-state index is 5.53. The molecule has 15 heavy (non-hydrogen) atoms. The van der Waals surface area contributed by atoms with E-state index in [0.29, 0.717) is 5.13 Å². The molecule has 0 aromatic carbocycles. The Morgan fingerprint density at radius 2 is 2.13 bits per heavy atom. The number of hydrogen-bond acceptors (Lipinski definition) is 5. The minimum absolute atomic E-state index is 0.615. The summed E-state index contributed by atoms with van der Waals surface area (Å²) < 4.78 is 0. The smallest absolute Gasteiger partial charge is 0.180 e. The fourth-order valence-corrected chi connectivity index (χ4v) is 1.79. The van der Waals surface area contributed by atoms with E-state index in [1.165, 1.54) is 11.3 Å². The van der Waals surface area contributed by atoms with Crippen LogP contribution >= 0.6 is 11.3 Å². The molecule has 0 amide bonds. The number of rotatable bonds is 4. The van der Waals surface area contributed by atoms with Crippen LogP contribution in [0.4, 0.5) is 5.13 Å². The molecule has 0 saturated carbocycles. The zero-order chi connectivity index (χ0) is 10.5. The molecule has 4 nitrogen and oxygen atoms in total. The number of nitrogen functional groups attached to an aromatic ring is 1. The Hall–Kier alpha value is -1.46. The topological polar surface area (TPSA) is 63.8 Å². The van der Waals surface area contributed by atoms with Gasteiger partial charge in [-0.3, -0.25) is 4.98 Å². The molecule has 0 bridgehead atoms. The third kappa shape index (κ3) is 3.00. The summed E-state index contributed by atoms with van der Waals surface area (Å²) in [5.41, 5.74) is 7.54. The molecule has 0 atom stereocenters. The Kier molecular flexibility index (Phi) is 3.26. The molecule has 0 fully saturated rings. The van der Waals surface area contributed by atoms with Gasteiger partial charge in [-0.15, -0.1) is 11.3 Å². The molecule has 2 rings (SSSR count). The first kappa shape index (κ1) is 10.1. The second-order valence-corrected chi connectivity index (χ2v) is 3.99. The number of nitrogens with one attached hydrogen (secondary N) is 1. The van der Waals surface area contributed by atoms with Crippen molar-refractivity contribution in [2.24, 2.45) is 0 Å². The predicted molar refractivity (Wildman–Crippen MR) is 61.3 cm³/mol. The van der Waals surface area contributed by atoms with Crippen LogP contribution < -0.4 is 11.1 Å². The van der Waals surface area contributed by atoms with E-state index >= 15 is 0 Å². The molecule has 5 heteroatoms. The quantitative estimate of drug-likeness (QED) is 0.817. The van der Waals surface area contributed by atoms with E-state index in [1.54, 1.807) is 6.20 Å². The number of nitrogens with two attached hydrogens (primary N) is 1. The maximum atomic E-state index is 5.53. The van der Waals surface area contributed by atoms with E-state index in [1.807, 2.05) is 23.6 Å². The molecule has 2 aromatic heterocycles. The van der Waals surface area contributed by atoms with Gasteiger partial charge in [0.2, 0.25) is 0 Å². The second kappa shape index (κ2) is 4.86. The Balaban J connectivity index is 1.80. The van der Waals surface area contributed by atoms with E-state index < -0.39 is 0 Å². The molecule has 0 aliphatic rings. The van der Waals surface area contributed by atoms with Gasteiger partial charge in [0.25, 0.3) is 0 Å². The Bertz CT molecular complexity index is 412. The van der Waals surface area contributed by atoms with Crippen molar-refractivity contribution in [2.45, 2.75) is 13.1 Å². The predicted octanol–water partition coefficient (Wildman–Crippen LogP) is 1.41. The average molecular weight is 220 g/mol. The van der Waals surface area contributed by atoms with E-state index in [4.69, 9.17) is 5.73 Å². The van der Waals surface area contributed by atoms with Gasteiger partial charge in [-0.25, -0.2) is 4.98 Å². The van der Waals surface area contributed by atoms with Gasteiger partial charge in [0, 0.05) is 24.7 Å². The van der Waals surface area contributed by atoms with Crippen LogP contribution in [0.15, 0.2) is 29.8 Å². The van der Waals surface area contributed by atoms with Crippen molar-refractivity contribution in [1.82, 2.24) is 15.3 Å². The van der Waals surface area contributed by atoms with E-state index in [9.17, 15) is 0 Å². The number of nitrogens with zero attached hydrogens (tertiary/aromatic N) is 2. The van der Waals surface area contributed by atoms with E-state index in [-0.39, 0.29) is 0 Å². The molecule has 78 valence electrons. The molecular weight excluding hydrogens is 208 g/mol. The highest BCUT2D eigenvalue weighted by Crippen LogP contribution is 2.10.